The van der Waals surface area contributed by atoms with Crippen molar-refractivity contribution in [3.05, 3.63) is 72.6 Å². The Hall–Kier alpha value is -3.34. The molecule has 4 rings (SSSR count). The summed E-state index contributed by atoms with van der Waals surface area (Å²) in [5, 5.41) is 2.88. The van der Waals surface area contributed by atoms with Crippen LogP contribution in [-0.4, -0.2) is 24.1 Å². The van der Waals surface area contributed by atoms with Gasteiger partial charge in [-0.15, -0.1) is 0 Å². The lowest BCUT2D eigenvalue weighted by Crippen LogP contribution is -2.16. The second-order valence-electron chi connectivity index (χ2n) is 5.63. The number of anilines is 1. The number of hydrogen-bond donors (Lipinski definition) is 1. The van der Waals surface area contributed by atoms with E-state index >= 15 is 0 Å². The zero-order valence-electron chi connectivity index (χ0n) is 13.4. The third kappa shape index (κ3) is 3.30. The SMILES string of the molecule is O=C(Nc1ccc2c(c1)OCCO2)c1ccc(-c2cccnc2)cc1. The van der Waals surface area contributed by atoms with Crippen LogP contribution in [0.3, 0.4) is 0 Å². The lowest BCUT2D eigenvalue weighted by molar-refractivity contribution is 0.102. The first kappa shape index (κ1) is 15.2. The van der Waals surface area contributed by atoms with Gasteiger partial charge in [0.2, 0.25) is 0 Å². The number of aromatic nitrogens is 1. The topological polar surface area (TPSA) is 60.5 Å². The first-order valence-electron chi connectivity index (χ1n) is 8.01. The largest absolute Gasteiger partial charge is 0.486 e. The first-order valence-corrected chi connectivity index (χ1v) is 8.01. The number of rotatable bonds is 3. The lowest BCUT2D eigenvalue weighted by Gasteiger charge is -2.19. The highest BCUT2D eigenvalue weighted by molar-refractivity contribution is 6.04. The van der Waals surface area contributed by atoms with Crippen molar-refractivity contribution >= 4 is 11.6 Å². The van der Waals surface area contributed by atoms with E-state index in [0.717, 1.165) is 11.1 Å². The van der Waals surface area contributed by atoms with E-state index in [4.69, 9.17) is 9.47 Å². The highest BCUT2D eigenvalue weighted by Crippen LogP contribution is 2.32. The molecule has 0 atom stereocenters. The van der Waals surface area contributed by atoms with Gasteiger partial charge in [0, 0.05) is 29.7 Å². The van der Waals surface area contributed by atoms with Gasteiger partial charge in [0.25, 0.3) is 5.91 Å². The van der Waals surface area contributed by atoms with E-state index in [1.165, 1.54) is 0 Å². The van der Waals surface area contributed by atoms with E-state index in [0.29, 0.717) is 36.0 Å². The zero-order valence-corrected chi connectivity index (χ0v) is 13.4. The number of hydrogen-bond acceptors (Lipinski definition) is 4. The minimum absolute atomic E-state index is 0.172. The monoisotopic (exact) mass is 332 g/mol. The van der Waals surface area contributed by atoms with Crippen LogP contribution in [0.4, 0.5) is 5.69 Å². The van der Waals surface area contributed by atoms with Crippen molar-refractivity contribution in [1.82, 2.24) is 4.98 Å². The third-order valence-electron chi connectivity index (χ3n) is 3.94. The van der Waals surface area contributed by atoms with E-state index in [1.807, 2.05) is 24.3 Å². The maximum absolute atomic E-state index is 12.4. The molecule has 0 radical (unpaired) electrons. The maximum Gasteiger partial charge on any atom is 0.255 e. The quantitative estimate of drug-likeness (QED) is 0.793. The molecule has 25 heavy (non-hydrogen) atoms. The van der Waals surface area contributed by atoms with Crippen molar-refractivity contribution < 1.29 is 14.3 Å². The molecule has 1 amide bonds. The Balaban J connectivity index is 1.49. The minimum atomic E-state index is -0.172. The van der Waals surface area contributed by atoms with Crippen molar-refractivity contribution in [2.75, 3.05) is 18.5 Å². The van der Waals surface area contributed by atoms with E-state index in [-0.39, 0.29) is 5.91 Å². The van der Waals surface area contributed by atoms with Crippen molar-refractivity contribution in [3.63, 3.8) is 0 Å². The van der Waals surface area contributed by atoms with Gasteiger partial charge >= 0.3 is 0 Å². The average molecular weight is 332 g/mol. The molecule has 0 saturated carbocycles. The fraction of sp³-hybridized carbons (Fsp3) is 0.100. The standard InChI is InChI=1S/C20H16N2O3/c23-20(22-17-7-8-18-19(12-17)25-11-10-24-18)15-5-3-14(4-6-15)16-2-1-9-21-13-16/h1-9,12-13H,10-11H2,(H,22,23). The lowest BCUT2D eigenvalue weighted by atomic mass is 10.1. The molecule has 0 bridgehead atoms. The van der Waals surface area contributed by atoms with Crippen LogP contribution in [0, 0.1) is 0 Å². The van der Waals surface area contributed by atoms with Gasteiger partial charge in [-0.25, -0.2) is 0 Å². The fourth-order valence-corrected chi connectivity index (χ4v) is 2.67. The summed E-state index contributed by atoms with van der Waals surface area (Å²) in [6, 6.07) is 16.7. The second kappa shape index (κ2) is 6.65. The number of ether oxygens (including phenoxy) is 2. The minimum Gasteiger partial charge on any atom is -0.486 e. The summed E-state index contributed by atoms with van der Waals surface area (Å²) < 4.78 is 11.0. The number of nitrogens with one attached hydrogen (secondary N) is 1. The van der Waals surface area contributed by atoms with Crippen molar-refractivity contribution in [1.29, 1.82) is 0 Å². The smallest absolute Gasteiger partial charge is 0.255 e. The molecule has 0 spiro atoms. The van der Waals surface area contributed by atoms with Gasteiger partial charge in [0.15, 0.2) is 11.5 Å². The molecular formula is C20H16N2O3. The molecule has 0 unspecified atom stereocenters. The van der Waals surface area contributed by atoms with Crippen molar-refractivity contribution in [3.8, 4) is 22.6 Å². The van der Waals surface area contributed by atoms with Crippen molar-refractivity contribution in [2.24, 2.45) is 0 Å². The first-order chi connectivity index (χ1) is 12.3. The second-order valence-corrected chi connectivity index (χ2v) is 5.63. The summed E-state index contributed by atoms with van der Waals surface area (Å²) in [6.45, 7) is 1.06. The van der Waals surface area contributed by atoms with Gasteiger partial charge in [-0.3, -0.25) is 9.78 Å². The van der Waals surface area contributed by atoms with Crippen LogP contribution in [0.25, 0.3) is 11.1 Å². The molecular weight excluding hydrogens is 316 g/mol. The highest BCUT2D eigenvalue weighted by Gasteiger charge is 2.13. The summed E-state index contributed by atoms with van der Waals surface area (Å²) >= 11 is 0. The molecule has 1 aliphatic heterocycles. The van der Waals surface area contributed by atoms with Crippen LogP contribution in [0.2, 0.25) is 0 Å². The van der Waals surface area contributed by atoms with Crippen LogP contribution in [0.1, 0.15) is 10.4 Å². The Labute approximate surface area is 145 Å². The highest BCUT2D eigenvalue weighted by atomic mass is 16.6. The summed E-state index contributed by atoms with van der Waals surface area (Å²) in [5.74, 6) is 1.18. The summed E-state index contributed by atoms with van der Waals surface area (Å²) in [6.07, 6.45) is 3.53. The molecule has 5 heteroatoms. The zero-order chi connectivity index (χ0) is 17.1. The predicted molar refractivity (Wildman–Crippen MR) is 95.1 cm³/mol. The number of benzene rings is 2. The molecule has 1 aliphatic rings. The molecule has 1 aromatic heterocycles. The summed E-state index contributed by atoms with van der Waals surface area (Å²) in [7, 11) is 0. The van der Waals surface area contributed by atoms with Crippen LogP contribution >= 0.6 is 0 Å². The summed E-state index contributed by atoms with van der Waals surface area (Å²) in [4.78, 5) is 16.5. The van der Waals surface area contributed by atoms with Gasteiger partial charge < -0.3 is 14.8 Å². The third-order valence-corrected chi connectivity index (χ3v) is 3.94. The fourth-order valence-electron chi connectivity index (χ4n) is 2.67. The van der Waals surface area contributed by atoms with E-state index in [9.17, 15) is 4.79 Å². The van der Waals surface area contributed by atoms with Gasteiger partial charge in [0.1, 0.15) is 13.2 Å². The van der Waals surface area contributed by atoms with Crippen LogP contribution < -0.4 is 14.8 Å². The molecule has 0 aliphatic carbocycles. The number of pyridine rings is 1. The van der Waals surface area contributed by atoms with Crippen LogP contribution in [0.15, 0.2) is 67.0 Å². The van der Waals surface area contributed by atoms with E-state index in [1.54, 1.807) is 42.7 Å². The van der Waals surface area contributed by atoms with E-state index < -0.39 is 0 Å². The Morgan fingerprint density at radius 2 is 1.72 bits per heavy atom. The maximum atomic E-state index is 12.4. The molecule has 1 N–H and O–H groups in total. The molecule has 5 nitrogen and oxygen atoms in total. The Morgan fingerprint density at radius 3 is 2.48 bits per heavy atom. The van der Waals surface area contributed by atoms with Crippen LogP contribution in [0.5, 0.6) is 11.5 Å². The van der Waals surface area contributed by atoms with Gasteiger partial charge in [0.05, 0.1) is 0 Å². The number of fused-ring (bicyclic) bond motifs is 1. The van der Waals surface area contributed by atoms with E-state index in [2.05, 4.69) is 10.3 Å². The molecule has 3 aromatic rings. The molecule has 0 fully saturated rings. The number of amides is 1. The average Bonchev–Trinajstić information content (AvgIpc) is 2.69. The van der Waals surface area contributed by atoms with Crippen LogP contribution in [-0.2, 0) is 0 Å². The molecule has 0 saturated heterocycles. The molecule has 124 valence electrons. The number of nitrogens with zero attached hydrogens (tertiary/aromatic N) is 1. The number of carbonyl (C=O) groups excluding carboxylic acids is 1. The van der Waals surface area contributed by atoms with Gasteiger partial charge in [-0.2, -0.15) is 0 Å². The number of carbonyl (C=O) groups is 1. The summed E-state index contributed by atoms with van der Waals surface area (Å²) in [5.41, 5.74) is 3.29. The Kier molecular flexibility index (Phi) is 4.04. The normalized spacial score (nSPS) is 12.5. The predicted octanol–water partition coefficient (Wildman–Crippen LogP) is 3.77. The molecule has 2 heterocycles. The van der Waals surface area contributed by atoms with Crippen molar-refractivity contribution in [2.45, 2.75) is 0 Å². The molecule has 2 aromatic carbocycles. The van der Waals surface area contributed by atoms with Gasteiger partial charge in [-0.05, 0) is 41.5 Å². The van der Waals surface area contributed by atoms with Gasteiger partial charge in [-0.1, -0.05) is 18.2 Å². The Morgan fingerprint density at radius 1 is 0.920 bits per heavy atom. The Bertz CT molecular complexity index is 893.